The molecule has 0 saturated heterocycles. The Bertz CT molecular complexity index is 387. The van der Waals surface area contributed by atoms with E-state index < -0.39 is 0 Å². The largest absolute Gasteiger partial charge is 0.399 e. The van der Waals surface area contributed by atoms with E-state index in [0.717, 1.165) is 5.56 Å². The minimum Gasteiger partial charge on any atom is -0.399 e. The van der Waals surface area contributed by atoms with Crippen LogP contribution in [0.4, 0.5) is 5.69 Å². The summed E-state index contributed by atoms with van der Waals surface area (Å²) >= 11 is 0. The lowest BCUT2D eigenvalue weighted by molar-refractivity contribution is 0.0618. The topological polar surface area (TPSA) is 75.8 Å². The number of aryl methyl sites for hydroxylation is 1. The fourth-order valence-electron chi connectivity index (χ4n) is 1.63. The Kier molecular flexibility index (Phi) is 5.61. The fourth-order valence-corrected chi connectivity index (χ4v) is 1.63. The van der Waals surface area contributed by atoms with Crippen molar-refractivity contribution >= 4 is 11.6 Å². The Hall–Kier alpha value is -1.59. The van der Waals surface area contributed by atoms with Crippen LogP contribution in [0.3, 0.4) is 0 Å². The Morgan fingerprint density at radius 2 is 2.11 bits per heavy atom. The minimum atomic E-state index is -0.0852. The number of nitrogens with two attached hydrogens (primary N) is 1. The number of aliphatic hydroxyl groups excluding tert-OH is 1. The molecule has 100 valence electrons. The van der Waals surface area contributed by atoms with E-state index in [0.29, 0.717) is 31.0 Å². The second kappa shape index (κ2) is 6.98. The van der Waals surface area contributed by atoms with E-state index in [1.807, 2.05) is 19.1 Å². The molecule has 0 spiro atoms. The minimum absolute atomic E-state index is 0.00786. The van der Waals surface area contributed by atoms with Crippen molar-refractivity contribution in [1.29, 1.82) is 0 Å². The van der Waals surface area contributed by atoms with Gasteiger partial charge in [0, 0.05) is 24.8 Å². The van der Waals surface area contributed by atoms with Crippen LogP contribution >= 0.6 is 0 Å². The number of benzene rings is 1. The Labute approximate surface area is 107 Å². The summed E-state index contributed by atoms with van der Waals surface area (Å²) in [5, 5.41) is 8.56. The van der Waals surface area contributed by atoms with Gasteiger partial charge in [0.05, 0.1) is 19.8 Å². The molecule has 0 saturated carbocycles. The molecule has 1 rings (SSSR count). The van der Waals surface area contributed by atoms with Crippen LogP contribution in [0.5, 0.6) is 0 Å². The van der Waals surface area contributed by atoms with Gasteiger partial charge in [-0.1, -0.05) is 0 Å². The summed E-state index contributed by atoms with van der Waals surface area (Å²) in [6.07, 6.45) is 0. The highest BCUT2D eigenvalue weighted by Gasteiger charge is 2.12. The molecule has 5 heteroatoms. The molecule has 0 aromatic heterocycles. The molecular formula is C13H20N2O3. The van der Waals surface area contributed by atoms with Gasteiger partial charge in [0.1, 0.15) is 0 Å². The quantitative estimate of drug-likeness (QED) is 0.576. The van der Waals surface area contributed by atoms with Gasteiger partial charge in [0.25, 0.3) is 5.91 Å². The van der Waals surface area contributed by atoms with Crippen molar-refractivity contribution in [1.82, 2.24) is 4.90 Å². The highest BCUT2D eigenvalue weighted by molar-refractivity contribution is 5.95. The molecule has 0 radical (unpaired) electrons. The fraction of sp³-hybridized carbons (Fsp3) is 0.462. The maximum atomic E-state index is 12.1. The molecule has 0 atom stereocenters. The molecular weight excluding hydrogens is 232 g/mol. The molecule has 1 amide bonds. The third kappa shape index (κ3) is 4.35. The maximum Gasteiger partial charge on any atom is 0.253 e. The number of carbonyl (C=O) groups excluding carboxylic acids is 1. The lowest BCUT2D eigenvalue weighted by atomic mass is 10.1. The highest BCUT2D eigenvalue weighted by Crippen LogP contribution is 2.12. The van der Waals surface area contributed by atoms with Gasteiger partial charge in [0.15, 0.2) is 0 Å². The molecule has 18 heavy (non-hydrogen) atoms. The van der Waals surface area contributed by atoms with E-state index in [4.69, 9.17) is 15.6 Å². The van der Waals surface area contributed by atoms with Crippen molar-refractivity contribution in [2.75, 3.05) is 39.1 Å². The van der Waals surface area contributed by atoms with E-state index in [1.54, 1.807) is 18.0 Å². The lowest BCUT2D eigenvalue weighted by Gasteiger charge is -2.17. The number of amides is 1. The predicted octanol–water partition coefficient (Wildman–Crippen LogP) is 0.658. The molecule has 0 unspecified atom stereocenters. The molecule has 5 nitrogen and oxygen atoms in total. The first kappa shape index (κ1) is 14.5. The zero-order chi connectivity index (χ0) is 13.5. The summed E-state index contributed by atoms with van der Waals surface area (Å²) in [6, 6.07) is 5.30. The average molecular weight is 252 g/mol. The van der Waals surface area contributed by atoms with Crippen molar-refractivity contribution in [3.8, 4) is 0 Å². The monoisotopic (exact) mass is 252 g/mol. The number of ether oxygens (including phenoxy) is 1. The van der Waals surface area contributed by atoms with Crippen LogP contribution in [-0.2, 0) is 4.74 Å². The average Bonchev–Trinajstić information content (AvgIpc) is 2.32. The third-order valence-corrected chi connectivity index (χ3v) is 2.50. The van der Waals surface area contributed by atoms with Crippen molar-refractivity contribution in [3.05, 3.63) is 29.3 Å². The standard InChI is InChI=1S/C13H20N2O3/c1-10-7-11(9-12(14)8-10)13(17)15(2)3-5-18-6-4-16/h7-9,16H,3-6,14H2,1-2H3. The van der Waals surface area contributed by atoms with E-state index >= 15 is 0 Å². The normalized spacial score (nSPS) is 10.4. The summed E-state index contributed by atoms with van der Waals surface area (Å²) < 4.78 is 5.12. The number of hydrogen-bond acceptors (Lipinski definition) is 4. The van der Waals surface area contributed by atoms with Gasteiger partial charge in [0.2, 0.25) is 0 Å². The summed E-state index contributed by atoms with van der Waals surface area (Å²) in [5.74, 6) is -0.0852. The SMILES string of the molecule is Cc1cc(N)cc(C(=O)N(C)CCOCCO)c1. The third-order valence-electron chi connectivity index (χ3n) is 2.50. The summed E-state index contributed by atoms with van der Waals surface area (Å²) in [4.78, 5) is 13.7. The van der Waals surface area contributed by atoms with E-state index in [2.05, 4.69) is 0 Å². The second-order valence-corrected chi connectivity index (χ2v) is 4.20. The van der Waals surface area contributed by atoms with E-state index in [-0.39, 0.29) is 12.5 Å². The number of rotatable bonds is 6. The van der Waals surface area contributed by atoms with Crippen LogP contribution < -0.4 is 5.73 Å². The van der Waals surface area contributed by atoms with Crippen molar-refractivity contribution in [2.24, 2.45) is 0 Å². The summed E-state index contributed by atoms with van der Waals surface area (Å²) in [5.41, 5.74) is 7.84. The van der Waals surface area contributed by atoms with Crippen LogP contribution in [0, 0.1) is 6.92 Å². The van der Waals surface area contributed by atoms with Gasteiger partial charge in [-0.25, -0.2) is 0 Å². The van der Waals surface area contributed by atoms with Crippen LogP contribution in [0.2, 0.25) is 0 Å². The number of aliphatic hydroxyl groups is 1. The van der Waals surface area contributed by atoms with Crippen LogP contribution in [0.25, 0.3) is 0 Å². The van der Waals surface area contributed by atoms with Gasteiger partial charge in [-0.3, -0.25) is 4.79 Å². The van der Waals surface area contributed by atoms with Crippen LogP contribution in [0.15, 0.2) is 18.2 Å². The van der Waals surface area contributed by atoms with E-state index in [1.165, 1.54) is 0 Å². The van der Waals surface area contributed by atoms with Crippen LogP contribution in [-0.4, -0.2) is 49.3 Å². The van der Waals surface area contributed by atoms with Gasteiger partial charge >= 0.3 is 0 Å². The van der Waals surface area contributed by atoms with Gasteiger partial charge in [-0.2, -0.15) is 0 Å². The Morgan fingerprint density at radius 1 is 1.39 bits per heavy atom. The molecule has 0 aliphatic carbocycles. The first-order valence-electron chi connectivity index (χ1n) is 5.86. The Balaban J connectivity index is 2.57. The second-order valence-electron chi connectivity index (χ2n) is 4.20. The van der Waals surface area contributed by atoms with E-state index in [9.17, 15) is 4.79 Å². The number of likely N-dealkylation sites (N-methyl/N-ethyl adjacent to an activating group) is 1. The molecule has 1 aromatic carbocycles. The smallest absolute Gasteiger partial charge is 0.253 e. The van der Waals surface area contributed by atoms with Gasteiger partial charge < -0.3 is 20.5 Å². The van der Waals surface area contributed by atoms with Crippen molar-refractivity contribution < 1.29 is 14.6 Å². The molecule has 3 N–H and O–H groups in total. The van der Waals surface area contributed by atoms with Crippen molar-refractivity contribution in [2.45, 2.75) is 6.92 Å². The summed E-state index contributed by atoms with van der Waals surface area (Å²) in [7, 11) is 1.71. The molecule has 0 bridgehead atoms. The predicted molar refractivity (Wildman–Crippen MR) is 70.5 cm³/mol. The molecule has 0 fully saturated rings. The lowest BCUT2D eigenvalue weighted by Crippen LogP contribution is -2.30. The zero-order valence-corrected chi connectivity index (χ0v) is 10.8. The number of nitrogen functional groups attached to an aromatic ring is 1. The van der Waals surface area contributed by atoms with Gasteiger partial charge in [-0.05, 0) is 30.7 Å². The molecule has 0 aliphatic rings. The van der Waals surface area contributed by atoms with Gasteiger partial charge in [-0.15, -0.1) is 0 Å². The summed E-state index contributed by atoms with van der Waals surface area (Å²) in [6.45, 7) is 3.07. The molecule has 0 aliphatic heterocycles. The first-order chi connectivity index (χ1) is 8.54. The number of carbonyl (C=O) groups is 1. The van der Waals surface area contributed by atoms with Crippen LogP contribution in [0.1, 0.15) is 15.9 Å². The number of hydrogen-bond donors (Lipinski definition) is 2. The first-order valence-corrected chi connectivity index (χ1v) is 5.86. The highest BCUT2D eigenvalue weighted by atomic mass is 16.5. The number of anilines is 1. The maximum absolute atomic E-state index is 12.1. The molecule has 0 heterocycles. The molecule has 1 aromatic rings. The van der Waals surface area contributed by atoms with Crippen molar-refractivity contribution in [3.63, 3.8) is 0 Å². The Morgan fingerprint density at radius 3 is 2.72 bits per heavy atom. The zero-order valence-electron chi connectivity index (χ0n) is 10.8. The number of nitrogens with zero attached hydrogens (tertiary/aromatic N) is 1.